The number of carbonyl (C=O) groups is 1. The smallest absolute Gasteiger partial charge is 0.333 e. The summed E-state index contributed by atoms with van der Waals surface area (Å²) in [4.78, 5) is 11.6. The minimum atomic E-state index is -0.335. The van der Waals surface area contributed by atoms with Crippen molar-refractivity contribution in [2.45, 2.75) is 57.3 Å². The largest absolute Gasteiger partial charge is 0.455 e. The lowest BCUT2D eigenvalue weighted by atomic mass is 10.1. The van der Waals surface area contributed by atoms with Crippen molar-refractivity contribution in [1.82, 2.24) is 0 Å². The maximum Gasteiger partial charge on any atom is 0.333 e. The van der Waals surface area contributed by atoms with Crippen LogP contribution in [-0.2, 0) is 14.3 Å². The molecule has 0 radical (unpaired) electrons. The average molecular weight is 268 g/mol. The Kier molecular flexibility index (Phi) is 6.81. The Hall–Kier alpha value is -1.13. The van der Waals surface area contributed by atoms with Crippen molar-refractivity contribution in [1.29, 1.82) is 0 Å². The van der Waals surface area contributed by atoms with Crippen molar-refractivity contribution in [3.05, 3.63) is 24.8 Å². The molecule has 0 spiro atoms. The fourth-order valence-corrected chi connectivity index (χ4v) is 1.86. The van der Waals surface area contributed by atoms with E-state index in [2.05, 4.69) is 13.2 Å². The number of carbonyl (C=O) groups excluding carboxylic acids is 1. The first-order valence-corrected chi connectivity index (χ1v) is 6.86. The number of unbranched alkanes of at least 4 members (excludes halogenated alkanes) is 2. The van der Waals surface area contributed by atoms with Gasteiger partial charge in [-0.1, -0.05) is 32.1 Å². The zero-order chi connectivity index (χ0) is 14.3. The van der Waals surface area contributed by atoms with E-state index in [1.54, 1.807) is 13.0 Å². The van der Waals surface area contributed by atoms with E-state index in [1.165, 1.54) is 0 Å². The number of ether oxygens (including phenoxy) is 2. The van der Waals surface area contributed by atoms with E-state index >= 15 is 0 Å². The molecule has 0 amide bonds. The molecule has 1 heterocycles. The Morgan fingerprint density at radius 2 is 2.16 bits per heavy atom. The fraction of sp³-hybridized carbons (Fsp3) is 0.667. The van der Waals surface area contributed by atoms with Gasteiger partial charge in [-0.2, -0.15) is 0 Å². The first kappa shape index (κ1) is 15.9. The molecular weight excluding hydrogens is 244 g/mol. The van der Waals surface area contributed by atoms with Crippen LogP contribution in [0.4, 0.5) is 0 Å². The lowest BCUT2D eigenvalue weighted by Crippen LogP contribution is -2.13. The third kappa shape index (κ3) is 6.03. The lowest BCUT2D eigenvalue weighted by Gasteiger charge is -2.10. The molecule has 4 heteroatoms. The van der Waals surface area contributed by atoms with E-state index < -0.39 is 0 Å². The molecule has 0 bridgehead atoms. The standard InChI is InChI=1S/C15H24O4/c1-4-12(3)18-15(17)11(2)8-6-5-7-9-13-14(10-16)19-13/h4,12-14,16H,1-2,5-10H2,3H3/t12?,13-,14+/m1/s1. The summed E-state index contributed by atoms with van der Waals surface area (Å²) in [5, 5.41) is 8.81. The Morgan fingerprint density at radius 3 is 2.74 bits per heavy atom. The summed E-state index contributed by atoms with van der Waals surface area (Å²) in [7, 11) is 0. The average Bonchev–Trinajstić information content (AvgIpc) is 3.16. The van der Waals surface area contributed by atoms with Gasteiger partial charge in [-0.25, -0.2) is 4.79 Å². The van der Waals surface area contributed by atoms with Crippen LogP contribution in [0.5, 0.6) is 0 Å². The van der Waals surface area contributed by atoms with Crippen LogP contribution in [0.1, 0.15) is 39.0 Å². The van der Waals surface area contributed by atoms with Crippen molar-refractivity contribution >= 4 is 5.97 Å². The predicted molar refractivity (Wildman–Crippen MR) is 73.7 cm³/mol. The van der Waals surface area contributed by atoms with Crippen LogP contribution in [0, 0.1) is 0 Å². The molecule has 1 fully saturated rings. The van der Waals surface area contributed by atoms with Crippen LogP contribution in [-0.4, -0.2) is 36.0 Å². The van der Waals surface area contributed by atoms with Crippen molar-refractivity contribution in [3.8, 4) is 0 Å². The molecule has 1 rings (SSSR count). The number of aliphatic hydroxyl groups is 1. The van der Waals surface area contributed by atoms with E-state index in [4.69, 9.17) is 14.6 Å². The third-order valence-corrected chi connectivity index (χ3v) is 3.25. The van der Waals surface area contributed by atoms with Gasteiger partial charge in [0, 0.05) is 5.57 Å². The predicted octanol–water partition coefficient (Wildman–Crippen LogP) is 2.37. The van der Waals surface area contributed by atoms with E-state index in [0.29, 0.717) is 12.0 Å². The fourth-order valence-electron chi connectivity index (χ4n) is 1.86. The molecule has 1 saturated heterocycles. The molecule has 0 saturated carbocycles. The van der Waals surface area contributed by atoms with Gasteiger partial charge in [0.2, 0.25) is 0 Å². The van der Waals surface area contributed by atoms with Crippen molar-refractivity contribution in [2.24, 2.45) is 0 Å². The quantitative estimate of drug-likeness (QED) is 0.217. The Bertz CT molecular complexity index is 324. The molecular formula is C15H24O4. The molecule has 19 heavy (non-hydrogen) atoms. The third-order valence-electron chi connectivity index (χ3n) is 3.25. The van der Waals surface area contributed by atoms with Gasteiger partial charge >= 0.3 is 5.97 Å². The second kappa shape index (κ2) is 8.12. The van der Waals surface area contributed by atoms with Gasteiger partial charge in [-0.3, -0.25) is 0 Å². The molecule has 1 aliphatic rings. The molecule has 1 N–H and O–H groups in total. The summed E-state index contributed by atoms with van der Waals surface area (Å²) >= 11 is 0. The highest BCUT2D eigenvalue weighted by Gasteiger charge is 2.36. The monoisotopic (exact) mass is 268 g/mol. The summed E-state index contributed by atoms with van der Waals surface area (Å²) in [6.07, 6.45) is 6.26. The van der Waals surface area contributed by atoms with Crippen LogP contribution in [0.3, 0.4) is 0 Å². The SMILES string of the molecule is C=CC(C)OC(=O)C(=C)CCCCC[C@H]1O[C@H]1CO. The van der Waals surface area contributed by atoms with Crippen LogP contribution >= 0.6 is 0 Å². The first-order valence-electron chi connectivity index (χ1n) is 6.86. The van der Waals surface area contributed by atoms with E-state index in [1.807, 2.05) is 0 Å². The minimum absolute atomic E-state index is 0.0605. The van der Waals surface area contributed by atoms with Crippen LogP contribution < -0.4 is 0 Å². The zero-order valence-corrected chi connectivity index (χ0v) is 11.6. The molecule has 4 nitrogen and oxygen atoms in total. The number of hydrogen-bond acceptors (Lipinski definition) is 4. The van der Waals surface area contributed by atoms with E-state index in [9.17, 15) is 4.79 Å². The molecule has 0 aromatic carbocycles. The molecule has 0 aromatic rings. The highest BCUT2D eigenvalue weighted by molar-refractivity contribution is 5.87. The van der Waals surface area contributed by atoms with Gasteiger partial charge in [0.15, 0.2) is 0 Å². The Labute approximate surface area is 115 Å². The van der Waals surface area contributed by atoms with Gasteiger partial charge in [0.1, 0.15) is 12.2 Å². The Morgan fingerprint density at radius 1 is 1.42 bits per heavy atom. The number of hydrogen-bond donors (Lipinski definition) is 1. The van der Waals surface area contributed by atoms with Gasteiger partial charge in [-0.15, -0.1) is 0 Å². The molecule has 108 valence electrons. The van der Waals surface area contributed by atoms with Gasteiger partial charge < -0.3 is 14.6 Å². The van der Waals surface area contributed by atoms with Crippen LogP contribution in [0.25, 0.3) is 0 Å². The number of esters is 1. The number of epoxide rings is 1. The second-order valence-corrected chi connectivity index (χ2v) is 4.94. The van der Waals surface area contributed by atoms with Crippen molar-refractivity contribution in [3.63, 3.8) is 0 Å². The molecule has 0 aliphatic carbocycles. The second-order valence-electron chi connectivity index (χ2n) is 4.94. The van der Waals surface area contributed by atoms with Gasteiger partial charge in [0.25, 0.3) is 0 Å². The molecule has 1 aliphatic heterocycles. The van der Waals surface area contributed by atoms with Crippen LogP contribution in [0.2, 0.25) is 0 Å². The maximum atomic E-state index is 11.6. The summed E-state index contributed by atoms with van der Waals surface area (Å²) < 4.78 is 10.3. The number of aliphatic hydroxyl groups excluding tert-OH is 1. The Balaban J connectivity index is 2.01. The van der Waals surface area contributed by atoms with Crippen molar-refractivity contribution < 1.29 is 19.4 Å². The highest BCUT2D eigenvalue weighted by atomic mass is 16.6. The van der Waals surface area contributed by atoms with Gasteiger partial charge in [-0.05, 0) is 26.2 Å². The maximum absolute atomic E-state index is 11.6. The normalized spacial score (nSPS) is 22.6. The first-order chi connectivity index (χ1) is 9.08. The summed E-state index contributed by atoms with van der Waals surface area (Å²) in [5.41, 5.74) is 0.518. The zero-order valence-electron chi connectivity index (χ0n) is 11.6. The number of rotatable bonds is 10. The summed E-state index contributed by atoms with van der Waals surface area (Å²) in [6, 6.07) is 0. The molecule has 0 aromatic heterocycles. The highest BCUT2D eigenvalue weighted by Crippen LogP contribution is 2.26. The molecule has 1 unspecified atom stereocenters. The van der Waals surface area contributed by atoms with Crippen LogP contribution in [0.15, 0.2) is 24.8 Å². The molecule has 3 atom stereocenters. The van der Waals surface area contributed by atoms with Gasteiger partial charge in [0.05, 0.1) is 12.7 Å². The topological polar surface area (TPSA) is 59.1 Å². The van der Waals surface area contributed by atoms with E-state index in [-0.39, 0.29) is 30.9 Å². The van der Waals surface area contributed by atoms with E-state index in [0.717, 1.165) is 25.7 Å². The minimum Gasteiger partial charge on any atom is -0.455 e. The summed E-state index contributed by atoms with van der Waals surface area (Å²) in [6.45, 7) is 9.19. The lowest BCUT2D eigenvalue weighted by molar-refractivity contribution is -0.141. The summed E-state index contributed by atoms with van der Waals surface area (Å²) in [5.74, 6) is -0.335. The van der Waals surface area contributed by atoms with Crippen molar-refractivity contribution in [2.75, 3.05) is 6.61 Å².